The van der Waals surface area contributed by atoms with Gasteiger partial charge < -0.3 is 4.74 Å². The molecule has 2 aliphatic rings. The third-order valence-corrected chi connectivity index (χ3v) is 4.78. The van der Waals surface area contributed by atoms with E-state index in [1.54, 1.807) is 5.01 Å². The predicted octanol–water partition coefficient (Wildman–Crippen LogP) is 1.59. The lowest BCUT2D eigenvalue weighted by atomic mass is 10.1. The maximum atomic E-state index is 12.8. The first-order valence-electron chi connectivity index (χ1n) is 8.35. The van der Waals surface area contributed by atoms with Gasteiger partial charge in [0, 0.05) is 10.8 Å². The Morgan fingerprint density at radius 1 is 1.19 bits per heavy atom. The van der Waals surface area contributed by atoms with Crippen LogP contribution >= 0.6 is 11.8 Å². The molecule has 132 valence electrons. The Bertz CT molecular complexity index is 1020. The lowest BCUT2D eigenvalue weighted by Gasteiger charge is -2.34. The Morgan fingerprint density at radius 2 is 1.96 bits per heavy atom. The number of carbonyl (C=O) groups excluding carboxylic acids is 1. The average molecular weight is 366 g/mol. The van der Waals surface area contributed by atoms with Gasteiger partial charge in [0.1, 0.15) is 11.4 Å². The molecular weight excluding hydrogens is 348 g/mol. The predicted molar refractivity (Wildman–Crippen MR) is 102 cm³/mol. The van der Waals surface area contributed by atoms with Crippen LogP contribution in [0, 0.1) is 0 Å². The summed E-state index contributed by atoms with van der Waals surface area (Å²) in [5.41, 5.74) is 1.38. The molecule has 26 heavy (non-hydrogen) atoms. The van der Waals surface area contributed by atoms with Crippen LogP contribution in [0.2, 0.25) is 0 Å². The molecule has 0 aliphatic carbocycles. The zero-order chi connectivity index (χ0) is 18.1. The fraction of sp³-hybridized carbons (Fsp3) is 0.211. The van der Waals surface area contributed by atoms with Crippen LogP contribution < -0.4 is 20.6 Å². The van der Waals surface area contributed by atoms with Crippen LogP contribution in [0.15, 0.2) is 58.6 Å². The van der Waals surface area contributed by atoms with Crippen molar-refractivity contribution < 1.29 is 9.53 Å². The minimum absolute atomic E-state index is 0.175. The van der Waals surface area contributed by atoms with E-state index in [0.29, 0.717) is 17.5 Å². The van der Waals surface area contributed by atoms with Gasteiger partial charge in [-0.3, -0.25) is 15.1 Å². The highest BCUT2D eigenvalue weighted by molar-refractivity contribution is 8.13. The van der Waals surface area contributed by atoms with Crippen LogP contribution in [-0.4, -0.2) is 28.9 Å². The van der Waals surface area contributed by atoms with Gasteiger partial charge in [0.05, 0.1) is 12.0 Å². The minimum atomic E-state index is -0.462. The number of carbonyl (C=O) groups is 1. The molecule has 0 fully saturated rings. The molecular formula is C19H18N4O2S. The van der Waals surface area contributed by atoms with Crippen molar-refractivity contribution in [2.75, 3.05) is 12.9 Å². The van der Waals surface area contributed by atoms with Gasteiger partial charge >= 0.3 is 0 Å². The number of nitrogens with zero attached hydrogens (tertiary/aromatic N) is 3. The van der Waals surface area contributed by atoms with E-state index in [-0.39, 0.29) is 5.91 Å². The fourth-order valence-corrected chi connectivity index (χ4v) is 3.47. The van der Waals surface area contributed by atoms with Gasteiger partial charge in [-0.2, -0.15) is 0 Å². The first kappa shape index (κ1) is 16.7. The van der Waals surface area contributed by atoms with Crippen LogP contribution in [0.4, 0.5) is 0 Å². The molecule has 0 aromatic heterocycles. The third kappa shape index (κ3) is 2.74. The summed E-state index contributed by atoms with van der Waals surface area (Å²) < 4.78 is 5.79. The molecule has 0 radical (unpaired) electrons. The van der Waals surface area contributed by atoms with Crippen molar-refractivity contribution in [2.45, 2.75) is 13.1 Å². The van der Waals surface area contributed by atoms with E-state index in [9.17, 15) is 4.79 Å². The van der Waals surface area contributed by atoms with Crippen LogP contribution in [0.5, 0.6) is 5.75 Å². The molecule has 0 bridgehead atoms. The maximum Gasteiger partial charge on any atom is 0.276 e. The number of fused-ring (bicyclic) bond motifs is 2. The van der Waals surface area contributed by atoms with Crippen molar-refractivity contribution in [1.82, 2.24) is 10.3 Å². The summed E-state index contributed by atoms with van der Waals surface area (Å²) in [6.45, 7) is 2.50. The van der Waals surface area contributed by atoms with Crippen molar-refractivity contribution in [3.05, 3.63) is 64.7 Å². The van der Waals surface area contributed by atoms with Gasteiger partial charge in [-0.05, 0) is 25.3 Å². The monoisotopic (exact) mass is 366 g/mol. The lowest BCUT2D eigenvalue weighted by Crippen LogP contribution is -2.50. The molecule has 0 unspecified atom stereocenters. The molecule has 1 amide bonds. The number of hydrogen-bond acceptors (Lipinski definition) is 6. The second kappa shape index (κ2) is 6.84. The molecule has 0 saturated carbocycles. The highest BCUT2D eigenvalue weighted by atomic mass is 32.2. The van der Waals surface area contributed by atoms with Crippen LogP contribution in [-0.2, 0) is 4.79 Å². The molecule has 6 nitrogen and oxygen atoms in total. The summed E-state index contributed by atoms with van der Waals surface area (Å²) in [5, 5.41) is 11.3. The summed E-state index contributed by atoms with van der Waals surface area (Å²) in [5.74, 6) is 0.569. The molecule has 1 atom stereocenters. The molecule has 2 aromatic carbocycles. The number of amides is 1. The van der Waals surface area contributed by atoms with Crippen molar-refractivity contribution in [3.63, 3.8) is 0 Å². The van der Waals surface area contributed by atoms with Gasteiger partial charge in [0.15, 0.2) is 11.3 Å². The van der Waals surface area contributed by atoms with E-state index in [2.05, 4.69) is 10.4 Å². The number of ether oxygens (including phenoxy) is 1. The van der Waals surface area contributed by atoms with Gasteiger partial charge in [-0.25, -0.2) is 5.01 Å². The smallest absolute Gasteiger partial charge is 0.276 e. The minimum Gasteiger partial charge on any atom is -0.493 e. The van der Waals surface area contributed by atoms with E-state index < -0.39 is 6.17 Å². The quantitative estimate of drug-likeness (QED) is 0.896. The Balaban J connectivity index is 1.97. The van der Waals surface area contributed by atoms with Crippen LogP contribution in [0.25, 0.3) is 5.70 Å². The molecule has 7 heteroatoms. The van der Waals surface area contributed by atoms with Crippen molar-refractivity contribution >= 4 is 28.5 Å². The maximum absolute atomic E-state index is 12.8. The Kier molecular flexibility index (Phi) is 4.38. The molecule has 0 saturated heterocycles. The Hall–Kier alpha value is -2.80. The molecule has 2 heterocycles. The van der Waals surface area contributed by atoms with Crippen molar-refractivity contribution in [1.29, 1.82) is 0 Å². The SMILES string of the molecule is CCOc1ccccc1[C@H]1N=c2ccccc2=C2C(=O)NC(SC)=NN21. The summed E-state index contributed by atoms with van der Waals surface area (Å²) in [6, 6.07) is 15.4. The number of hydrogen-bond donors (Lipinski definition) is 1. The lowest BCUT2D eigenvalue weighted by molar-refractivity contribution is -0.116. The Labute approximate surface area is 155 Å². The molecule has 4 rings (SSSR count). The van der Waals surface area contributed by atoms with E-state index in [1.807, 2.05) is 61.7 Å². The van der Waals surface area contributed by atoms with E-state index in [1.165, 1.54) is 11.8 Å². The number of nitrogens with one attached hydrogen (secondary N) is 1. The topological polar surface area (TPSA) is 66.3 Å². The number of amidine groups is 1. The number of hydrazone groups is 1. The standard InChI is InChI=1S/C19H18N4O2S/c1-3-25-15-11-7-5-9-13(15)17-20-14-10-6-4-8-12(14)16-18(24)21-19(26-2)22-23(16)17/h4-11,17H,3H2,1-2H3,(H,21,22,24)/t17-/m0/s1. The second-order valence-corrected chi connectivity index (χ2v) is 6.54. The fourth-order valence-electron chi connectivity index (χ4n) is 3.10. The molecule has 0 spiro atoms. The zero-order valence-electron chi connectivity index (χ0n) is 14.5. The van der Waals surface area contributed by atoms with Crippen LogP contribution in [0.3, 0.4) is 0 Å². The normalized spacial score (nSPS) is 18.3. The van der Waals surface area contributed by atoms with Gasteiger partial charge in [0.2, 0.25) is 0 Å². The van der Waals surface area contributed by atoms with E-state index >= 15 is 0 Å². The van der Waals surface area contributed by atoms with Gasteiger partial charge in [-0.15, -0.1) is 5.10 Å². The first-order chi connectivity index (χ1) is 12.7. The van der Waals surface area contributed by atoms with E-state index in [0.717, 1.165) is 21.9 Å². The van der Waals surface area contributed by atoms with Gasteiger partial charge in [-0.1, -0.05) is 48.2 Å². The Morgan fingerprint density at radius 3 is 2.77 bits per heavy atom. The summed E-state index contributed by atoms with van der Waals surface area (Å²) >= 11 is 1.39. The number of rotatable bonds is 3. The molecule has 2 aliphatic heterocycles. The van der Waals surface area contributed by atoms with Gasteiger partial charge in [0.25, 0.3) is 5.91 Å². The van der Waals surface area contributed by atoms with Crippen LogP contribution in [0.1, 0.15) is 18.7 Å². The molecule has 2 aromatic rings. The van der Waals surface area contributed by atoms with Crippen molar-refractivity contribution in [2.24, 2.45) is 10.1 Å². The average Bonchev–Trinajstić information content (AvgIpc) is 2.67. The molecule has 1 N–H and O–H groups in total. The summed E-state index contributed by atoms with van der Waals surface area (Å²) in [7, 11) is 0. The zero-order valence-corrected chi connectivity index (χ0v) is 15.3. The highest BCUT2D eigenvalue weighted by Crippen LogP contribution is 2.35. The third-order valence-electron chi connectivity index (χ3n) is 4.21. The first-order valence-corrected chi connectivity index (χ1v) is 9.57. The number of para-hydroxylation sites is 2. The highest BCUT2D eigenvalue weighted by Gasteiger charge is 2.35. The van der Waals surface area contributed by atoms with Crippen molar-refractivity contribution in [3.8, 4) is 5.75 Å². The van der Waals surface area contributed by atoms with E-state index in [4.69, 9.17) is 9.73 Å². The second-order valence-electron chi connectivity index (χ2n) is 5.75. The number of thioether (sulfide) groups is 1. The largest absolute Gasteiger partial charge is 0.493 e. The number of benzene rings is 2. The summed E-state index contributed by atoms with van der Waals surface area (Å²) in [6.07, 6.45) is 1.42. The summed E-state index contributed by atoms with van der Waals surface area (Å²) in [4.78, 5) is 17.7.